The highest BCUT2D eigenvalue weighted by molar-refractivity contribution is 5.80. The van der Waals surface area contributed by atoms with Crippen LogP contribution in [0.4, 0.5) is 8.78 Å². The highest BCUT2D eigenvalue weighted by Crippen LogP contribution is 2.24. The van der Waals surface area contributed by atoms with E-state index in [1.165, 1.54) is 18.2 Å². The average molecular weight is 440 g/mol. The van der Waals surface area contributed by atoms with Crippen LogP contribution in [0.1, 0.15) is 45.2 Å². The van der Waals surface area contributed by atoms with Crippen molar-refractivity contribution in [1.29, 1.82) is 0 Å². The zero-order valence-corrected chi connectivity index (χ0v) is 19.6. The summed E-state index contributed by atoms with van der Waals surface area (Å²) in [5.74, 6) is -0.394. The Hall–Kier alpha value is -1.77. The van der Waals surface area contributed by atoms with Gasteiger partial charge in [-0.15, -0.1) is 0 Å². The first-order valence-electron chi connectivity index (χ1n) is 11.3. The minimum absolute atomic E-state index is 0.0593. The molecule has 0 amide bonds. The molecule has 31 heavy (non-hydrogen) atoms. The number of likely N-dealkylation sites (N-methyl/N-ethyl adjacent to an activating group) is 1. The lowest BCUT2D eigenvalue weighted by molar-refractivity contribution is 0.0532. The number of guanidine groups is 1. The number of benzene rings is 1. The number of ether oxygens (including phenoxy) is 1. The Balaban J connectivity index is 1.95. The van der Waals surface area contributed by atoms with Crippen molar-refractivity contribution in [3.05, 3.63) is 35.4 Å². The van der Waals surface area contributed by atoms with Gasteiger partial charge in [-0.05, 0) is 59.8 Å². The summed E-state index contributed by atoms with van der Waals surface area (Å²) in [6, 6.07) is 3.81. The second-order valence-corrected chi connectivity index (χ2v) is 8.51. The van der Waals surface area contributed by atoms with Crippen LogP contribution in [0.25, 0.3) is 0 Å². The van der Waals surface area contributed by atoms with E-state index in [1.807, 2.05) is 21.0 Å². The summed E-state index contributed by atoms with van der Waals surface area (Å²) < 4.78 is 34.3. The molecule has 6 nitrogen and oxygen atoms in total. The third kappa shape index (κ3) is 8.35. The van der Waals surface area contributed by atoms with E-state index in [2.05, 4.69) is 34.4 Å². The maximum absolute atomic E-state index is 14.3. The number of hydrogen-bond acceptors (Lipinski definition) is 4. The van der Waals surface area contributed by atoms with E-state index in [-0.39, 0.29) is 18.2 Å². The predicted molar refractivity (Wildman–Crippen MR) is 122 cm³/mol. The first-order valence-corrected chi connectivity index (χ1v) is 11.3. The van der Waals surface area contributed by atoms with Gasteiger partial charge in [0.2, 0.25) is 0 Å². The molecule has 0 bridgehead atoms. The van der Waals surface area contributed by atoms with E-state index in [0.717, 1.165) is 45.6 Å². The van der Waals surface area contributed by atoms with Gasteiger partial charge in [-0.25, -0.2) is 8.78 Å². The molecule has 0 radical (unpaired) electrons. The molecule has 0 aliphatic carbocycles. The Morgan fingerprint density at radius 1 is 1.23 bits per heavy atom. The van der Waals surface area contributed by atoms with Crippen LogP contribution in [0.15, 0.2) is 23.2 Å². The van der Waals surface area contributed by atoms with Crippen molar-refractivity contribution in [3.63, 3.8) is 0 Å². The normalized spacial score (nSPS) is 17.4. The van der Waals surface area contributed by atoms with Gasteiger partial charge >= 0.3 is 0 Å². The molecule has 1 aromatic rings. The fourth-order valence-electron chi connectivity index (χ4n) is 3.75. The van der Waals surface area contributed by atoms with E-state index in [0.29, 0.717) is 12.0 Å². The van der Waals surface area contributed by atoms with Crippen LogP contribution in [0.3, 0.4) is 0 Å². The van der Waals surface area contributed by atoms with E-state index in [4.69, 9.17) is 4.74 Å². The predicted octanol–water partition coefficient (Wildman–Crippen LogP) is 3.01. The highest BCUT2D eigenvalue weighted by atomic mass is 19.1. The van der Waals surface area contributed by atoms with Crippen LogP contribution in [-0.4, -0.2) is 81.3 Å². The van der Waals surface area contributed by atoms with Gasteiger partial charge in [-0.2, -0.15) is 0 Å². The Labute approximate surface area is 186 Å². The molecule has 1 aromatic carbocycles. The van der Waals surface area contributed by atoms with Crippen LogP contribution in [-0.2, 0) is 4.74 Å². The molecule has 176 valence electrons. The topological polar surface area (TPSA) is 52.1 Å². The van der Waals surface area contributed by atoms with Crippen molar-refractivity contribution in [3.8, 4) is 0 Å². The maximum Gasteiger partial charge on any atom is 0.191 e. The Morgan fingerprint density at radius 2 is 1.87 bits per heavy atom. The molecule has 1 heterocycles. The summed E-state index contributed by atoms with van der Waals surface area (Å²) in [7, 11) is 3.62. The molecule has 1 saturated heterocycles. The Morgan fingerprint density at radius 3 is 2.42 bits per heavy atom. The lowest BCUT2D eigenvalue weighted by atomic mass is 10.0. The third-order valence-corrected chi connectivity index (χ3v) is 5.51. The summed E-state index contributed by atoms with van der Waals surface area (Å²) in [4.78, 5) is 8.88. The highest BCUT2D eigenvalue weighted by Gasteiger charge is 2.23. The van der Waals surface area contributed by atoms with E-state index in [9.17, 15) is 8.78 Å². The zero-order chi connectivity index (χ0) is 22.8. The fraction of sp³-hybridized carbons (Fsp3) is 0.696. The number of aliphatic imine (C=N–C) groups is 1. The monoisotopic (exact) mass is 439 g/mol. The van der Waals surface area contributed by atoms with Gasteiger partial charge in [0.1, 0.15) is 11.6 Å². The van der Waals surface area contributed by atoms with Crippen molar-refractivity contribution in [2.45, 2.75) is 51.8 Å². The summed E-state index contributed by atoms with van der Waals surface area (Å²) in [6.45, 7) is 10.8. The Bertz CT molecular complexity index is 670. The maximum atomic E-state index is 14.3. The minimum atomic E-state index is -0.541. The fourth-order valence-corrected chi connectivity index (χ4v) is 3.75. The largest absolute Gasteiger partial charge is 0.377 e. The second-order valence-electron chi connectivity index (χ2n) is 8.51. The number of piperidine rings is 1. The van der Waals surface area contributed by atoms with Crippen molar-refractivity contribution >= 4 is 5.96 Å². The van der Waals surface area contributed by atoms with E-state index >= 15 is 0 Å². The molecular formula is C23H39F2N5O. The molecule has 1 unspecified atom stereocenters. The molecule has 2 rings (SSSR count). The first kappa shape index (κ1) is 25.5. The van der Waals surface area contributed by atoms with Gasteiger partial charge in [0.15, 0.2) is 5.96 Å². The number of nitrogens with one attached hydrogen (secondary N) is 2. The number of hydrogen-bond donors (Lipinski definition) is 2. The van der Waals surface area contributed by atoms with Crippen LogP contribution in [0, 0.1) is 11.6 Å². The SMILES string of the molecule is CCNC(=NCC(c1c(F)cccc1F)N(C)C)NC1CCN(CCOC(C)C)CC1. The second kappa shape index (κ2) is 12.9. The quantitative estimate of drug-likeness (QED) is 0.434. The Kier molecular flexibility index (Phi) is 10.6. The number of halogens is 2. The van der Waals surface area contributed by atoms with Crippen LogP contribution in [0.2, 0.25) is 0 Å². The molecule has 1 atom stereocenters. The molecule has 2 N–H and O–H groups in total. The lowest BCUT2D eigenvalue weighted by Gasteiger charge is -2.33. The van der Waals surface area contributed by atoms with Crippen LogP contribution < -0.4 is 10.6 Å². The molecule has 0 aromatic heterocycles. The number of likely N-dealkylation sites (tertiary alicyclic amines) is 1. The molecule has 1 aliphatic heterocycles. The van der Waals surface area contributed by atoms with Gasteiger partial charge in [0, 0.05) is 37.8 Å². The van der Waals surface area contributed by atoms with Crippen molar-refractivity contribution in [2.75, 3.05) is 53.4 Å². The van der Waals surface area contributed by atoms with Gasteiger partial charge in [-0.3, -0.25) is 4.99 Å². The standard InChI is InChI=1S/C23H39F2N5O/c1-6-26-23(28-18-10-12-30(13-11-18)14-15-31-17(2)3)27-16-21(29(4)5)22-19(24)8-7-9-20(22)25/h7-9,17-18,21H,6,10-16H2,1-5H3,(H2,26,27,28). The number of rotatable bonds is 10. The van der Waals surface area contributed by atoms with Gasteiger partial charge in [0.25, 0.3) is 0 Å². The molecule has 0 spiro atoms. The molecular weight excluding hydrogens is 400 g/mol. The summed E-state index contributed by atoms with van der Waals surface area (Å²) in [6.07, 6.45) is 2.30. The van der Waals surface area contributed by atoms with Gasteiger partial charge in [-0.1, -0.05) is 6.07 Å². The van der Waals surface area contributed by atoms with Crippen molar-refractivity contribution in [1.82, 2.24) is 20.4 Å². The van der Waals surface area contributed by atoms with E-state index < -0.39 is 17.7 Å². The first-order chi connectivity index (χ1) is 14.8. The smallest absolute Gasteiger partial charge is 0.191 e. The van der Waals surface area contributed by atoms with Gasteiger partial charge in [0.05, 0.1) is 25.3 Å². The molecule has 8 heteroatoms. The zero-order valence-electron chi connectivity index (χ0n) is 19.6. The summed E-state index contributed by atoms with van der Waals surface area (Å²) in [5.41, 5.74) is 0.0593. The lowest BCUT2D eigenvalue weighted by Crippen LogP contribution is -2.49. The summed E-state index contributed by atoms with van der Waals surface area (Å²) >= 11 is 0. The third-order valence-electron chi connectivity index (χ3n) is 5.51. The van der Waals surface area contributed by atoms with Crippen molar-refractivity contribution in [2.24, 2.45) is 4.99 Å². The molecule has 1 aliphatic rings. The van der Waals surface area contributed by atoms with E-state index in [1.54, 1.807) is 4.90 Å². The van der Waals surface area contributed by atoms with Crippen molar-refractivity contribution < 1.29 is 13.5 Å². The van der Waals surface area contributed by atoms with Gasteiger partial charge < -0.3 is 25.2 Å². The average Bonchev–Trinajstić information content (AvgIpc) is 2.71. The minimum Gasteiger partial charge on any atom is -0.377 e. The summed E-state index contributed by atoms with van der Waals surface area (Å²) in [5, 5.41) is 6.76. The molecule has 1 fully saturated rings. The molecule has 0 saturated carbocycles. The van der Waals surface area contributed by atoms with Crippen LogP contribution >= 0.6 is 0 Å². The number of nitrogens with zero attached hydrogens (tertiary/aromatic N) is 3. The van der Waals surface area contributed by atoms with Crippen LogP contribution in [0.5, 0.6) is 0 Å².